The Morgan fingerprint density at radius 3 is 2.59 bits per heavy atom. The molecule has 1 aliphatic rings. The van der Waals surface area contributed by atoms with Crippen molar-refractivity contribution in [3.8, 4) is 11.5 Å². The van der Waals surface area contributed by atoms with Crippen LogP contribution in [0.5, 0.6) is 11.5 Å². The van der Waals surface area contributed by atoms with Gasteiger partial charge >= 0.3 is 0 Å². The topological polar surface area (TPSA) is 80.2 Å². The Hall–Kier alpha value is -3.04. The van der Waals surface area contributed by atoms with Crippen molar-refractivity contribution in [2.75, 3.05) is 26.1 Å². The van der Waals surface area contributed by atoms with E-state index in [1.54, 1.807) is 24.3 Å². The number of rotatable bonds is 8. The number of nitrogens with one attached hydrogen (secondary N) is 1. The van der Waals surface area contributed by atoms with Crippen LogP contribution in [0.4, 0.5) is 10.1 Å². The van der Waals surface area contributed by atoms with Crippen LogP contribution in [-0.4, -0.2) is 47.9 Å². The number of hydrogen-bond donors (Lipinski definition) is 1. The summed E-state index contributed by atoms with van der Waals surface area (Å²) in [6.45, 7) is 3.83. The first-order valence-corrected chi connectivity index (χ1v) is 10.8. The Morgan fingerprint density at radius 1 is 1.28 bits per heavy atom. The molecule has 2 aromatic carbocycles. The number of methoxy groups -OCH3 is 2. The number of amides is 2. The van der Waals surface area contributed by atoms with Gasteiger partial charge in [0.15, 0.2) is 0 Å². The zero-order valence-corrected chi connectivity index (χ0v) is 19.0. The molecule has 3 rings (SSSR count). The number of anilines is 1. The third kappa shape index (κ3) is 5.41. The Balaban J connectivity index is 1.80. The second-order valence-electron chi connectivity index (χ2n) is 6.67. The highest BCUT2D eigenvalue weighted by molar-refractivity contribution is 8.15. The van der Waals surface area contributed by atoms with E-state index in [-0.39, 0.29) is 24.7 Å². The van der Waals surface area contributed by atoms with E-state index in [4.69, 9.17) is 21.1 Å². The van der Waals surface area contributed by atoms with Crippen LogP contribution in [0.1, 0.15) is 12.0 Å². The summed E-state index contributed by atoms with van der Waals surface area (Å²) in [4.78, 5) is 25.6. The summed E-state index contributed by atoms with van der Waals surface area (Å²) in [7, 11) is 2.91. The summed E-state index contributed by atoms with van der Waals surface area (Å²) < 4.78 is 23.8. The largest absolute Gasteiger partial charge is 0.495 e. The molecule has 0 aliphatic carbocycles. The molecule has 0 bridgehead atoms. The molecule has 0 spiro atoms. The molecule has 1 heterocycles. The first-order chi connectivity index (χ1) is 15.4. The van der Waals surface area contributed by atoms with Gasteiger partial charge < -0.3 is 14.8 Å². The monoisotopic (exact) mass is 477 g/mol. The van der Waals surface area contributed by atoms with Gasteiger partial charge in [0.25, 0.3) is 5.91 Å². The van der Waals surface area contributed by atoms with Crippen LogP contribution < -0.4 is 14.8 Å². The molecule has 0 aromatic heterocycles. The molecule has 7 nitrogen and oxygen atoms in total. The van der Waals surface area contributed by atoms with Gasteiger partial charge in [-0.1, -0.05) is 29.4 Å². The van der Waals surface area contributed by atoms with Gasteiger partial charge in [0, 0.05) is 24.1 Å². The fraction of sp³-hybridized carbons (Fsp3) is 0.227. The molecule has 1 N–H and O–H groups in total. The Labute approximate surface area is 194 Å². The highest BCUT2D eigenvalue weighted by Crippen LogP contribution is 2.36. The molecule has 32 heavy (non-hydrogen) atoms. The molecule has 1 atom stereocenters. The number of hydrogen-bond acceptors (Lipinski definition) is 6. The second-order valence-corrected chi connectivity index (χ2v) is 8.27. The number of halogens is 2. The van der Waals surface area contributed by atoms with Gasteiger partial charge in [-0.15, -0.1) is 6.58 Å². The minimum atomic E-state index is -0.729. The van der Waals surface area contributed by atoms with Crippen LogP contribution in [0.2, 0.25) is 5.02 Å². The number of hydrazone groups is 1. The maximum atomic E-state index is 13.3. The minimum Gasteiger partial charge on any atom is -0.495 e. The molecular formula is C22H21ClFN3O4S. The van der Waals surface area contributed by atoms with Gasteiger partial charge in [-0.3, -0.25) is 9.59 Å². The van der Waals surface area contributed by atoms with Gasteiger partial charge in [-0.25, -0.2) is 9.40 Å². The van der Waals surface area contributed by atoms with Crippen LogP contribution in [0.25, 0.3) is 0 Å². The Bertz CT molecular complexity index is 1060. The maximum absolute atomic E-state index is 13.3. The molecule has 0 saturated heterocycles. The number of nitrogens with zero attached hydrogens (tertiary/aromatic N) is 2. The molecule has 1 aliphatic heterocycles. The van der Waals surface area contributed by atoms with E-state index in [0.29, 0.717) is 32.8 Å². The lowest BCUT2D eigenvalue weighted by atomic mass is 10.2. The van der Waals surface area contributed by atoms with Crippen molar-refractivity contribution in [1.29, 1.82) is 0 Å². The molecule has 0 radical (unpaired) electrons. The molecule has 10 heteroatoms. The van der Waals surface area contributed by atoms with Crippen molar-refractivity contribution in [2.24, 2.45) is 5.10 Å². The van der Waals surface area contributed by atoms with E-state index in [2.05, 4.69) is 17.0 Å². The molecule has 0 fully saturated rings. The van der Waals surface area contributed by atoms with Crippen molar-refractivity contribution in [1.82, 2.24) is 5.01 Å². The predicted molar refractivity (Wildman–Crippen MR) is 124 cm³/mol. The maximum Gasteiger partial charge on any atom is 0.257 e. The number of benzene rings is 2. The molecule has 0 unspecified atom stereocenters. The van der Waals surface area contributed by atoms with Gasteiger partial charge in [0.1, 0.15) is 27.6 Å². The van der Waals surface area contributed by atoms with Gasteiger partial charge in [0.2, 0.25) is 5.91 Å². The second kappa shape index (κ2) is 10.5. The third-order valence-corrected chi connectivity index (χ3v) is 6.00. The molecular weight excluding hydrogens is 457 g/mol. The highest BCUT2D eigenvalue weighted by atomic mass is 35.5. The summed E-state index contributed by atoms with van der Waals surface area (Å²) >= 11 is 7.26. The summed E-state index contributed by atoms with van der Waals surface area (Å²) in [5.41, 5.74) is 1.01. The number of thioether (sulfide) groups is 1. The van der Waals surface area contributed by atoms with E-state index in [9.17, 15) is 14.0 Å². The SMILES string of the molecule is C=CCN1N=C(c2ccc(F)cc2)S[C@H](CC(=O)Nc2cc(OC)c(Cl)cc2OC)C1=O. The summed E-state index contributed by atoms with van der Waals surface area (Å²) in [6, 6.07) is 8.85. The lowest BCUT2D eigenvalue weighted by Gasteiger charge is -2.28. The summed E-state index contributed by atoms with van der Waals surface area (Å²) in [5.74, 6) is -0.381. The number of carbonyl (C=O) groups excluding carboxylic acids is 2. The molecule has 2 amide bonds. The van der Waals surface area contributed by atoms with Crippen LogP contribution in [0.3, 0.4) is 0 Å². The highest BCUT2D eigenvalue weighted by Gasteiger charge is 2.33. The van der Waals surface area contributed by atoms with E-state index in [1.807, 2.05) is 0 Å². The Kier molecular flexibility index (Phi) is 7.76. The van der Waals surface area contributed by atoms with Gasteiger partial charge in [0.05, 0.1) is 31.5 Å². The van der Waals surface area contributed by atoms with Crippen molar-refractivity contribution < 1.29 is 23.5 Å². The van der Waals surface area contributed by atoms with E-state index in [1.165, 1.54) is 37.4 Å². The van der Waals surface area contributed by atoms with Crippen LogP contribution in [-0.2, 0) is 9.59 Å². The number of ether oxygens (including phenoxy) is 2. The van der Waals surface area contributed by atoms with E-state index < -0.39 is 11.2 Å². The summed E-state index contributed by atoms with van der Waals surface area (Å²) in [6.07, 6.45) is 1.42. The zero-order valence-electron chi connectivity index (χ0n) is 17.4. The average molecular weight is 478 g/mol. The van der Waals surface area contributed by atoms with Crippen LogP contribution in [0, 0.1) is 5.82 Å². The average Bonchev–Trinajstić information content (AvgIpc) is 2.77. The van der Waals surface area contributed by atoms with Crippen LogP contribution in [0.15, 0.2) is 54.2 Å². The van der Waals surface area contributed by atoms with E-state index >= 15 is 0 Å². The van der Waals surface area contributed by atoms with Gasteiger partial charge in [-0.2, -0.15) is 5.10 Å². The van der Waals surface area contributed by atoms with Gasteiger partial charge in [-0.05, 0) is 24.3 Å². The van der Waals surface area contributed by atoms with Crippen molar-refractivity contribution in [2.45, 2.75) is 11.7 Å². The zero-order chi connectivity index (χ0) is 23.3. The first kappa shape index (κ1) is 23.6. The number of carbonyl (C=O) groups is 2. The quantitative estimate of drug-likeness (QED) is 0.573. The third-order valence-electron chi connectivity index (χ3n) is 4.51. The fourth-order valence-corrected chi connectivity index (χ4v) is 4.34. The van der Waals surface area contributed by atoms with E-state index in [0.717, 1.165) is 11.8 Å². The Morgan fingerprint density at radius 2 is 1.97 bits per heavy atom. The molecule has 2 aromatic rings. The first-order valence-electron chi connectivity index (χ1n) is 9.51. The fourth-order valence-electron chi connectivity index (χ4n) is 2.96. The van der Waals surface area contributed by atoms with Crippen molar-refractivity contribution in [3.63, 3.8) is 0 Å². The normalized spacial score (nSPS) is 15.8. The van der Waals surface area contributed by atoms with Crippen LogP contribution >= 0.6 is 23.4 Å². The smallest absolute Gasteiger partial charge is 0.257 e. The lowest BCUT2D eigenvalue weighted by molar-refractivity contribution is -0.131. The standard InChI is InChI=1S/C22H21ClFN3O4S/c1-4-9-27-22(29)19(32-21(26-27)13-5-7-14(24)8-6-13)12-20(28)25-16-11-17(30-2)15(23)10-18(16)31-3/h4-8,10-11,19H,1,9,12H2,2-3H3,(H,25,28)/t19-/m1/s1. The molecule has 0 saturated carbocycles. The lowest BCUT2D eigenvalue weighted by Crippen LogP contribution is -2.41. The molecule has 168 valence electrons. The van der Waals surface area contributed by atoms with Crippen molar-refractivity contribution >= 4 is 45.9 Å². The van der Waals surface area contributed by atoms with Crippen molar-refractivity contribution in [3.05, 3.63) is 65.5 Å². The minimum absolute atomic E-state index is 0.120. The summed E-state index contributed by atoms with van der Waals surface area (Å²) in [5, 5.41) is 8.45. The predicted octanol–water partition coefficient (Wildman–Crippen LogP) is 4.32.